The van der Waals surface area contributed by atoms with Gasteiger partial charge in [-0.15, -0.1) is 0 Å². The molecule has 0 saturated heterocycles. The predicted molar refractivity (Wildman–Crippen MR) is 142 cm³/mol. The first kappa shape index (κ1) is 31.8. The molecule has 1 heterocycles. The molecule has 3 N–H and O–H groups in total. The third-order valence-corrected chi connectivity index (χ3v) is 8.02. The van der Waals surface area contributed by atoms with Crippen molar-refractivity contribution in [1.29, 1.82) is 0 Å². The van der Waals surface area contributed by atoms with Gasteiger partial charge in [0.2, 0.25) is 0 Å². The van der Waals surface area contributed by atoms with Gasteiger partial charge in [0.15, 0.2) is 15.6 Å². The first-order valence-corrected chi connectivity index (χ1v) is 14.1. The van der Waals surface area contributed by atoms with Crippen molar-refractivity contribution in [2.24, 2.45) is 4.99 Å². The number of alkyl halides is 3. The molecular weight excluding hydrogens is 600 g/mol. The number of benzene rings is 2. The Morgan fingerprint density at radius 2 is 1.75 bits per heavy atom. The van der Waals surface area contributed by atoms with Gasteiger partial charge in [-0.3, -0.25) is 14.7 Å². The second-order valence-electron chi connectivity index (χ2n) is 8.56. The van der Waals surface area contributed by atoms with Crippen LogP contribution < -0.4 is 10.6 Å². The van der Waals surface area contributed by atoms with Gasteiger partial charge in [0.1, 0.15) is 23.2 Å². The standard InChI is InChI=1S/C24H25Cl2F3N4O6S/c25-19-9-17(24(27,28)29)10-20(26)21(19)40(37,38)14-30-6-8-39-13-18(34)12-31-11-15-1-3-16(4-2-15)22-32-5-7-33(22)23(35)36/h1-4,9-10,30-31H,5-8,11-14H2,(H,35,36). The molecule has 2 aromatic rings. The highest BCUT2D eigenvalue weighted by atomic mass is 35.5. The third kappa shape index (κ3) is 8.62. The molecule has 1 amide bonds. The number of amides is 1. The van der Waals surface area contributed by atoms with Crippen LogP contribution in [0.4, 0.5) is 18.0 Å². The van der Waals surface area contributed by atoms with Gasteiger partial charge in [0.05, 0.1) is 41.8 Å². The summed E-state index contributed by atoms with van der Waals surface area (Å²) < 4.78 is 68.8. The van der Waals surface area contributed by atoms with E-state index < -0.39 is 48.5 Å². The molecule has 0 radical (unpaired) electrons. The van der Waals surface area contributed by atoms with Crippen LogP contribution in [0.5, 0.6) is 0 Å². The maximum atomic E-state index is 12.9. The molecule has 1 aliphatic heterocycles. The molecule has 40 heavy (non-hydrogen) atoms. The number of hydrogen-bond acceptors (Lipinski definition) is 8. The minimum atomic E-state index is -4.73. The van der Waals surface area contributed by atoms with E-state index >= 15 is 0 Å². The summed E-state index contributed by atoms with van der Waals surface area (Å²) in [5.74, 6) is -0.500. The summed E-state index contributed by atoms with van der Waals surface area (Å²) in [5, 5.41) is 13.5. The first-order chi connectivity index (χ1) is 18.8. The molecule has 0 saturated carbocycles. The lowest BCUT2D eigenvalue weighted by Gasteiger charge is -2.14. The first-order valence-electron chi connectivity index (χ1n) is 11.7. The van der Waals surface area contributed by atoms with Crippen molar-refractivity contribution in [2.45, 2.75) is 17.6 Å². The average molecular weight is 625 g/mol. The van der Waals surface area contributed by atoms with Crippen LogP contribution in [0.25, 0.3) is 0 Å². The number of amidine groups is 1. The minimum absolute atomic E-state index is 0.00551. The number of carbonyl (C=O) groups excluding carboxylic acids is 1. The van der Waals surface area contributed by atoms with Crippen molar-refractivity contribution in [2.75, 3.05) is 45.3 Å². The van der Waals surface area contributed by atoms with Gasteiger partial charge in [-0.1, -0.05) is 47.5 Å². The molecule has 0 aliphatic carbocycles. The van der Waals surface area contributed by atoms with Crippen LogP contribution in [0, 0.1) is 0 Å². The Hall–Kier alpha value is -2.75. The average Bonchev–Trinajstić information content (AvgIpc) is 3.36. The van der Waals surface area contributed by atoms with Gasteiger partial charge >= 0.3 is 12.3 Å². The minimum Gasteiger partial charge on any atom is -0.465 e. The monoisotopic (exact) mass is 624 g/mol. The molecule has 0 bridgehead atoms. The van der Waals surface area contributed by atoms with Crippen molar-refractivity contribution < 1.29 is 41.0 Å². The summed E-state index contributed by atoms with van der Waals surface area (Å²) in [6.45, 7) is 0.948. The Morgan fingerprint density at radius 3 is 2.35 bits per heavy atom. The second-order valence-corrected chi connectivity index (χ2v) is 11.3. The SMILES string of the molecule is O=C(CNCc1ccc(C2=NCCN2C(=O)O)cc1)COCCNCS(=O)(=O)c1c(Cl)cc(C(F)(F)F)cc1Cl. The van der Waals surface area contributed by atoms with E-state index in [1.165, 1.54) is 4.90 Å². The molecule has 0 aromatic heterocycles. The van der Waals surface area contributed by atoms with Crippen LogP contribution in [-0.2, 0) is 32.1 Å². The van der Waals surface area contributed by atoms with E-state index in [1.807, 2.05) is 0 Å². The van der Waals surface area contributed by atoms with Crippen molar-refractivity contribution in [1.82, 2.24) is 15.5 Å². The molecule has 0 atom stereocenters. The molecular formula is C24H25Cl2F3N4O6S. The number of hydrogen-bond donors (Lipinski definition) is 3. The summed E-state index contributed by atoms with van der Waals surface area (Å²) in [6, 6.07) is 8.12. The lowest BCUT2D eigenvalue weighted by atomic mass is 10.1. The number of ketones is 1. The fourth-order valence-corrected chi connectivity index (χ4v) is 6.14. The topological polar surface area (TPSA) is 137 Å². The molecule has 0 unspecified atom stereocenters. The smallest absolute Gasteiger partial charge is 0.416 e. The van der Waals surface area contributed by atoms with E-state index in [-0.39, 0.29) is 32.1 Å². The molecule has 2 aromatic carbocycles. The Balaban J connectivity index is 1.34. The summed E-state index contributed by atoms with van der Waals surface area (Å²) in [4.78, 5) is 28.1. The fraction of sp³-hybridized carbons (Fsp3) is 0.375. The number of rotatable bonds is 13. The van der Waals surface area contributed by atoms with Gasteiger partial charge in [-0.25, -0.2) is 13.2 Å². The van der Waals surface area contributed by atoms with Crippen LogP contribution in [0.15, 0.2) is 46.3 Å². The lowest BCUT2D eigenvalue weighted by molar-refractivity contribution is -0.137. The Labute approximate surface area is 238 Å². The Bertz CT molecular complexity index is 1350. The maximum Gasteiger partial charge on any atom is 0.416 e. The van der Waals surface area contributed by atoms with Gasteiger partial charge in [-0.05, 0) is 17.7 Å². The molecule has 0 spiro atoms. The summed E-state index contributed by atoms with van der Waals surface area (Å²) in [6.07, 6.45) is -5.79. The van der Waals surface area contributed by atoms with Crippen LogP contribution in [-0.4, -0.2) is 81.4 Å². The van der Waals surface area contributed by atoms with E-state index in [0.29, 0.717) is 43.2 Å². The second kappa shape index (κ2) is 13.7. The number of nitrogens with one attached hydrogen (secondary N) is 2. The van der Waals surface area contributed by atoms with Crippen LogP contribution in [0.3, 0.4) is 0 Å². The quantitative estimate of drug-likeness (QED) is 0.288. The Kier molecular flexibility index (Phi) is 10.9. The molecule has 10 nitrogen and oxygen atoms in total. The van der Waals surface area contributed by atoms with Crippen LogP contribution >= 0.6 is 23.2 Å². The predicted octanol–water partition coefficient (Wildman–Crippen LogP) is 3.45. The summed E-state index contributed by atoms with van der Waals surface area (Å²) in [7, 11) is -4.15. The number of Topliss-reactive ketones (excluding diaryl/α,β-unsaturated/α-hetero) is 1. The maximum absolute atomic E-state index is 12.9. The number of sulfone groups is 1. The van der Waals surface area contributed by atoms with E-state index in [0.717, 1.165) is 5.56 Å². The number of aliphatic imine (C=N–C) groups is 1. The zero-order valence-corrected chi connectivity index (χ0v) is 23.1. The highest BCUT2D eigenvalue weighted by Gasteiger charge is 2.34. The van der Waals surface area contributed by atoms with E-state index in [2.05, 4.69) is 15.6 Å². The van der Waals surface area contributed by atoms with Gasteiger partial charge in [0.25, 0.3) is 0 Å². The van der Waals surface area contributed by atoms with Gasteiger partial charge < -0.3 is 20.5 Å². The molecule has 218 valence electrons. The van der Waals surface area contributed by atoms with E-state index in [4.69, 9.17) is 27.9 Å². The number of ether oxygens (including phenoxy) is 1. The normalized spacial score (nSPS) is 13.9. The van der Waals surface area contributed by atoms with E-state index in [1.54, 1.807) is 24.3 Å². The number of halogens is 5. The molecule has 0 fully saturated rings. The number of nitrogens with zero attached hydrogens (tertiary/aromatic N) is 2. The van der Waals surface area contributed by atoms with Crippen molar-refractivity contribution in [3.05, 3.63) is 63.1 Å². The Morgan fingerprint density at radius 1 is 1.10 bits per heavy atom. The van der Waals surface area contributed by atoms with Crippen LogP contribution in [0.2, 0.25) is 10.0 Å². The van der Waals surface area contributed by atoms with Gasteiger partial charge in [-0.2, -0.15) is 13.2 Å². The number of carboxylic acid groups (broad SMARTS) is 1. The highest BCUT2D eigenvalue weighted by Crippen LogP contribution is 2.38. The van der Waals surface area contributed by atoms with Crippen LogP contribution in [0.1, 0.15) is 16.7 Å². The van der Waals surface area contributed by atoms with E-state index in [9.17, 15) is 36.3 Å². The third-order valence-electron chi connectivity index (χ3n) is 5.55. The zero-order chi connectivity index (χ0) is 29.5. The highest BCUT2D eigenvalue weighted by molar-refractivity contribution is 7.91. The summed E-state index contributed by atoms with van der Waals surface area (Å²) >= 11 is 11.5. The molecule has 16 heteroatoms. The molecule has 1 aliphatic rings. The largest absolute Gasteiger partial charge is 0.465 e. The van der Waals surface area contributed by atoms with Crippen molar-refractivity contribution in [3.8, 4) is 0 Å². The number of carbonyl (C=O) groups is 2. The summed E-state index contributed by atoms with van der Waals surface area (Å²) in [5.41, 5.74) is 0.389. The van der Waals surface area contributed by atoms with Crippen molar-refractivity contribution in [3.63, 3.8) is 0 Å². The zero-order valence-electron chi connectivity index (χ0n) is 20.8. The fourth-order valence-electron chi connectivity index (χ4n) is 3.68. The lowest BCUT2D eigenvalue weighted by Crippen LogP contribution is -2.33. The van der Waals surface area contributed by atoms with Crippen molar-refractivity contribution >= 4 is 50.8 Å². The van der Waals surface area contributed by atoms with Gasteiger partial charge in [0, 0.05) is 18.7 Å². The molecule has 3 rings (SSSR count).